The Bertz CT molecular complexity index is 1010. The van der Waals surface area contributed by atoms with E-state index in [1.807, 2.05) is 24.3 Å². The smallest absolute Gasteiger partial charge is 0.260 e. The van der Waals surface area contributed by atoms with E-state index in [-0.39, 0.29) is 12.5 Å². The molecule has 1 fully saturated rings. The number of amides is 1. The second-order valence-corrected chi connectivity index (χ2v) is 7.59. The van der Waals surface area contributed by atoms with Crippen LogP contribution in [0.4, 0.5) is 5.82 Å². The van der Waals surface area contributed by atoms with Crippen LogP contribution >= 0.6 is 23.2 Å². The van der Waals surface area contributed by atoms with Crippen LogP contribution in [-0.4, -0.2) is 58.8 Å². The van der Waals surface area contributed by atoms with E-state index in [4.69, 9.17) is 27.9 Å². The van der Waals surface area contributed by atoms with Crippen LogP contribution in [0.5, 0.6) is 5.75 Å². The van der Waals surface area contributed by atoms with E-state index in [9.17, 15) is 4.79 Å². The van der Waals surface area contributed by atoms with Crippen molar-refractivity contribution in [1.29, 1.82) is 0 Å². The Kier molecular flexibility index (Phi) is 6.30. The van der Waals surface area contributed by atoms with Crippen molar-refractivity contribution in [2.24, 2.45) is 0 Å². The molecule has 1 aliphatic rings. The first-order valence-electron chi connectivity index (χ1n) is 9.45. The Hall–Kier alpha value is -2.90. The molecule has 4 rings (SSSR count). The van der Waals surface area contributed by atoms with Gasteiger partial charge < -0.3 is 14.5 Å². The number of hydrogen-bond acceptors (Lipinski definition) is 6. The predicted molar refractivity (Wildman–Crippen MR) is 116 cm³/mol. The Morgan fingerprint density at radius 2 is 1.87 bits per heavy atom. The lowest BCUT2D eigenvalue weighted by Gasteiger charge is -2.35. The highest BCUT2D eigenvalue weighted by atomic mass is 35.5. The summed E-state index contributed by atoms with van der Waals surface area (Å²) in [5.74, 6) is 1.15. The topological polar surface area (TPSA) is 71.5 Å². The van der Waals surface area contributed by atoms with E-state index in [0.29, 0.717) is 42.0 Å². The molecular weight excluding hydrogens is 425 g/mol. The summed E-state index contributed by atoms with van der Waals surface area (Å²) in [7, 11) is 0. The van der Waals surface area contributed by atoms with Crippen LogP contribution in [0.2, 0.25) is 10.0 Å². The van der Waals surface area contributed by atoms with Crippen LogP contribution in [0.25, 0.3) is 11.3 Å². The molecular formula is C21H19Cl2N5O2. The monoisotopic (exact) mass is 443 g/mol. The number of ether oxygens (including phenoxy) is 1. The van der Waals surface area contributed by atoms with E-state index in [1.165, 1.54) is 0 Å². The first-order valence-corrected chi connectivity index (χ1v) is 10.2. The minimum Gasteiger partial charge on any atom is -0.482 e. The molecule has 0 N–H and O–H groups in total. The van der Waals surface area contributed by atoms with Crippen LogP contribution in [0.1, 0.15) is 0 Å². The second kappa shape index (κ2) is 9.28. The Morgan fingerprint density at radius 1 is 1.03 bits per heavy atom. The molecule has 3 heterocycles. The largest absolute Gasteiger partial charge is 0.482 e. The number of hydrogen-bond donors (Lipinski definition) is 0. The molecule has 3 aromatic rings. The van der Waals surface area contributed by atoms with E-state index >= 15 is 0 Å². The number of pyridine rings is 1. The van der Waals surface area contributed by atoms with Gasteiger partial charge in [0.05, 0.1) is 10.7 Å². The van der Waals surface area contributed by atoms with Crippen molar-refractivity contribution in [3.05, 3.63) is 64.9 Å². The van der Waals surface area contributed by atoms with Gasteiger partial charge >= 0.3 is 0 Å². The van der Waals surface area contributed by atoms with Crippen LogP contribution in [0.15, 0.2) is 54.9 Å². The molecule has 1 saturated heterocycles. The maximum Gasteiger partial charge on any atom is 0.260 e. The molecule has 0 atom stereocenters. The van der Waals surface area contributed by atoms with Gasteiger partial charge in [0.15, 0.2) is 12.4 Å². The maximum atomic E-state index is 12.5. The molecule has 0 spiro atoms. The normalized spacial score (nSPS) is 13.9. The lowest BCUT2D eigenvalue weighted by molar-refractivity contribution is -0.133. The number of carbonyl (C=O) groups is 1. The minimum atomic E-state index is -0.0846. The number of halogens is 2. The average Bonchev–Trinajstić information content (AvgIpc) is 2.79. The molecule has 154 valence electrons. The molecule has 0 unspecified atom stereocenters. The van der Waals surface area contributed by atoms with E-state index in [1.54, 1.807) is 35.5 Å². The number of nitrogens with zero attached hydrogens (tertiary/aromatic N) is 5. The van der Waals surface area contributed by atoms with Gasteiger partial charge in [0.25, 0.3) is 5.91 Å². The molecule has 9 heteroatoms. The van der Waals surface area contributed by atoms with Gasteiger partial charge in [-0.05, 0) is 42.5 Å². The number of piperazine rings is 1. The Balaban J connectivity index is 1.29. The number of rotatable bonds is 5. The first-order chi connectivity index (χ1) is 14.6. The van der Waals surface area contributed by atoms with Crippen molar-refractivity contribution in [2.75, 3.05) is 37.7 Å². The summed E-state index contributed by atoms with van der Waals surface area (Å²) in [6, 6.07) is 12.6. The van der Waals surface area contributed by atoms with E-state index < -0.39 is 0 Å². The van der Waals surface area contributed by atoms with E-state index in [2.05, 4.69) is 20.1 Å². The predicted octanol–water partition coefficient (Wildman–Crippen LogP) is 3.57. The van der Waals surface area contributed by atoms with Crippen molar-refractivity contribution < 1.29 is 9.53 Å². The zero-order chi connectivity index (χ0) is 20.9. The molecule has 0 radical (unpaired) electrons. The second-order valence-electron chi connectivity index (χ2n) is 6.75. The lowest BCUT2D eigenvalue weighted by Crippen LogP contribution is -2.50. The van der Waals surface area contributed by atoms with Gasteiger partial charge in [-0.2, -0.15) is 0 Å². The van der Waals surface area contributed by atoms with Gasteiger partial charge in [-0.15, -0.1) is 10.2 Å². The molecule has 30 heavy (non-hydrogen) atoms. The van der Waals surface area contributed by atoms with Crippen molar-refractivity contribution in [1.82, 2.24) is 20.1 Å². The minimum absolute atomic E-state index is 0.0685. The van der Waals surface area contributed by atoms with Crippen LogP contribution in [0, 0.1) is 0 Å². The fourth-order valence-electron chi connectivity index (χ4n) is 3.17. The Labute approximate surface area is 184 Å². The molecule has 0 bridgehead atoms. The third-order valence-electron chi connectivity index (χ3n) is 4.81. The molecule has 0 saturated carbocycles. The van der Waals surface area contributed by atoms with E-state index in [0.717, 1.165) is 17.1 Å². The molecule has 0 aliphatic carbocycles. The average molecular weight is 444 g/mol. The third kappa shape index (κ3) is 4.80. The molecule has 1 aromatic carbocycles. The molecule has 7 nitrogen and oxygen atoms in total. The van der Waals surface area contributed by atoms with Crippen molar-refractivity contribution >= 4 is 34.9 Å². The Morgan fingerprint density at radius 3 is 2.53 bits per heavy atom. The standard InChI is InChI=1S/C21H19Cl2N5O2/c22-16-3-5-19(17(23)12-16)30-14-21(29)28-10-8-27(9-11-28)20-6-4-18(25-26-20)15-2-1-7-24-13-15/h1-7,12-13H,8-11,14H2. The fraction of sp³-hybridized carbons (Fsp3) is 0.238. The fourth-order valence-corrected chi connectivity index (χ4v) is 3.63. The summed E-state index contributed by atoms with van der Waals surface area (Å²) in [6.07, 6.45) is 3.48. The van der Waals surface area contributed by atoms with Crippen LogP contribution < -0.4 is 9.64 Å². The summed E-state index contributed by atoms with van der Waals surface area (Å²) in [5, 5.41) is 9.54. The number of aromatic nitrogens is 3. The number of anilines is 1. The van der Waals surface area contributed by atoms with Gasteiger partial charge in [-0.3, -0.25) is 9.78 Å². The highest BCUT2D eigenvalue weighted by molar-refractivity contribution is 6.35. The van der Waals surface area contributed by atoms with Gasteiger partial charge in [0, 0.05) is 49.2 Å². The molecule has 2 aromatic heterocycles. The maximum absolute atomic E-state index is 12.5. The van der Waals surface area contributed by atoms with Crippen LogP contribution in [-0.2, 0) is 4.79 Å². The number of benzene rings is 1. The lowest BCUT2D eigenvalue weighted by atomic mass is 10.2. The summed E-state index contributed by atoms with van der Waals surface area (Å²) in [4.78, 5) is 20.5. The highest BCUT2D eigenvalue weighted by Gasteiger charge is 2.22. The summed E-state index contributed by atoms with van der Waals surface area (Å²) < 4.78 is 5.55. The van der Waals surface area contributed by atoms with Gasteiger partial charge in [0.2, 0.25) is 0 Å². The summed E-state index contributed by atoms with van der Waals surface area (Å²) in [6.45, 7) is 2.45. The van der Waals surface area contributed by atoms with Crippen molar-refractivity contribution in [2.45, 2.75) is 0 Å². The zero-order valence-corrected chi connectivity index (χ0v) is 17.6. The SMILES string of the molecule is O=C(COc1ccc(Cl)cc1Cl)N1CCN(c2ccc(-c3cccnc3)nn2)CC1. The molecule has 1 aliphatic heterocycles. The quantitative estimate of drug-likeness (QED) is 0.599. The number of carbonyl (C=O) groups excluding carboxylic acids is 1. The first kappa shape index (κ1) is 20.4. The third-order valence-corrected chi connectivity index (χ3v) is 5.34. The summed E-state index contributed by atoms with van der Waals surface area (Å²) >= 11 is 12.0. The zero-order valence-electron chi connectivity index (χ0n) is 16.0. The van der Waals surface area contributed by atoms with Gasteiger partial charge in [-0.1, -0.05) is 23.2 Å². The van der Waals surface area contributed by atoms with Gasteiger partial charge in [0.1, 0.15) is 5.75 Å². The summed E-state index contributed by atoms with van der Waals surface area (Å²) in [5.41, 5.74) is 1.70. The highest BCUT2D eigenvalue weighted by Crippen LogP contribution is 2.27. The molecule has 1 amide bonds. The van der Waals surface area contributed by atoms with Crippen molar-refractivity contribution in [3.8, 4) is 17.0 Å². The van der Waals surface area contributed by atoms with Crippen LogP contribution in [0.3, 0.4) is 0 Å². The van der Waals surface area contributed by atoms with Gasteiger partial charge in [-0.25, -0.2) is 0 Å². The van der Waals surface area contributed by atoms with Crippen molar-refractivity contribution in [3.63, 3.8) is 0 Å².